The van der Waals surface area contributed by atoms with Crippen LogP contribution in [0.4, 0.5) is 10.1 Å². The Balaban J connectivity index is 2.71. The summed E-state index contributed by atoms with van der Waals surface area (Å²) in [4.78, 5) is 15.6. The molecule has 0 aliphatic carbocycles. The Morgan fingerprint density at radius 1 is 1.38 bits per heavy atom. The summed E-state index contributed by atoms with van der Waals surface area (Å²) in [5.74, 6) is -1.16. The molecule has 0 radical (unpaired) electrons. The number of nitrogen functional groups attached to an aromatic ring is 1. The van der Waals surface area contributed by atoms with Crippen molar-refractivity contribution in [2.75, 3.05) is 12.8 Å². The van der Waals surface area contributed by atoms with Crippen LogP contribution >= 0.6 is 23.2 Å². The van der Waals surface area contributed by atoms with Gasteiger partial charge in [0.1, 0.15) is 5.69 Å². The first-order valence-electron chi connectivity index (χ1n) is 5.86. The average Bonchev–Trinajstić information content (AvgIpc) is 2.42. The molecule has 2 aromatic rings. The van der Waals surface area contributed by atoms with Crippen LogP contribution in [0, 0.1) is 5.82 Å². The Hall–Kier alpha value is -1.85. The van der Waals surface area contributed by atoms with Crippen molar-refractivity contribution in [3.63, 3.8) is 0 Å². The maximum atomic E-state index is 14.4. The Morgan fingerprint density at radius 3 is 2.62 bits per heavy atom. The number of methoxy groups -OCH3 is 1. The molecular formula is C14H11Cl2FN2O2. The highest BCUT2D eigenvalue weighted by Crippen LogP contribution is 2.36. The average molecular weight is 329 g/mol. The fourth-order valence-electron chi connectivity index (χ4n) is 1.84. The Labute approximate surface area is 130 Å². The van der Waals surface area contributed by atoms with E-state index in [9.17, 15) is 9.18 Å². The summed E-state index contributed by atoms with van der Waals surface area (Å²) in [6.07, 6.45) is 0. The number of halogens is 3. The van der Waals surface area contributed by atoms with E-state index in [1.54, 1.807) is 0 Å². The molecule has 110 valence electrons. The van der Waals surface area contributed by atoms with Crippen molar-refractivity contribution in [3.05, 3.63) is 39.8 Å². The first-order chi connectivity index (χ1) is 9.86. The van der Waals surface area contributed by atoms with Gasteiger partial charge in [0.15, 0.2) is 17.3 Å². The highest BCUT2D eigenvalue weighted by atomic mass is 35.5. The molecular weight excluding hydrogens is 318 g/mol. The number of benzene rings is 1. The first-order valence-corrected chi connectivity index (χ1v) is 6.61. The molecule has 0 saturated carbocycles. The third-order valence-corrected chi connectivity index (χ3v) is 3.54. The summed E-state index contributed by atoms with van der Waals surface area (Å²) in [5, 5.41) is 0.181. The number of carbonyl (C=O) groups excluding carboxylic acids is 1. The number of nitrogens with zero attached hydrogens (tertiary/aromatic N) is 1. The standard InChI is InChI=1S/C14H11Cl2FN2O2/c1-6(20)13-11(16)9(18)5-10(19-13)7-3-4-8(15)14(21-2)12(7)17/h3-5H,1-2H3,(H2,18,19). The molecule has 0 saturated heterocycles. The van der Waals surface area contributed by atoms with Crippen molar-refractivity contribution in [2.45, 2.75) is 6.92 Å². The van der Waals surface area contributed by atoms with E-state index in [2.05, 4.69) is 4.98 Å². The van der Waals surface area contributed by atoms with Crippen molar-refractivity contribution in [1.29, 1.82) is 0 Å². The maximum Gasteiger partial charge on any atom is 0.179 e. The van der Waals surface area contributed by atoms with E-state index >= 15 is 0 Å². The van der Waals surface area contributed by atoms with Crippen LogP contribution in [-0.2, 0) is 0 Å². The highest BCUT2D eigenvalue weighted by molar-refractivity contribution is 6.36. The molecule has 0 aliphatic heterocycles. The minimum Gasteiger partial charge on any atom is -0.492 e. The highest BCUT2D eigenvalue weighted by Gasteiger charge is 2.19. The van der Waals surface area contributed by atoms with Gasteiger partial charge in [-0.05, 0) is 18.2 Å². The summed E-state index contributed by atoms with van der Waals surface area (Å²) in [7, 11) is 1.30. The summed E-state index contributed by atoms with van der Waals surface area (Å²) < 4.78 is 19.3. The van der Waals surface area contributed by atoms with Crippen LogP contribution in [-0.4, -0.2) is 17.9 Å². The number of ether oxygens (including phenoxy) is 1. The second-order valence-corrected chi connectivity index (χ2v) is 5.04. The Bertz CT molecular complexity index is 735. The largest absolute Gasteiger partial charge is 0.492 e. The van der Waals surface area contributed by atoms with E-state index in [-0.39, 0.29) is 44.2 Å². The first kappa shape index (κ1) is 15.5. The third kappa shape index (κ3) is 2.80. The van der Waals surface area contributed by atoms with Crippen LogP contribution < -0.4 is 10.5 Å². The second kappa shape index (κ2) is 5.87. The molecule has 0 atom stereocenters. The lowest BCUT2D eigenvalue weighted by Gasteiger charge is -2.11. The molecule has 0 aliphatic rings. The number of anilines is 1. The molecule has 0 unspecified atom stereocenters. The van der Waals surface area contributed by atoms with E-state index in [0.29, 0.717) is 0 Å². The van der Waals surface area contributed by atoms with Gasteiger partial charge in [-0.25, -0.2) is 9.37 Å². The number of hydrogen-bond acceptors (Lipinski definition) is 4. The van der Waals surface area contributed by atoms with Crippen LogP contribution in [0.5, 0.6) is 5.75 Å². The van der Waals surface area contributed by atoms with Crippen LogP contribution in [0.15, 0.2) is 18.2 Å². The zero-order valence-corrected chi connectivity index (χ0v) is 12.7. The van der Waals surface area contributed by atoms with Gasteiger partial charge in [0.25, 0.3) is 0 Å². The molecule has 0 amide bonds. The van der Waals surface area contributed by atoms with Gasteiger partial charge in [-0.3, -0.25) is 4.79 Å². The predicted octanol–water partition coefficient (Wildman–Crippen LogP) is 3.99. The number of rotatable bonds is 3. The van der Waals surface area contributed by atoms with E-state index in [1.165, 1.54) is 32.2 Å². The quantitative estimate of drug-likeness (QED) is 0.865. The summed E-state index contributed by atoms with van der Waals surface area (Å²) >= 11 is 11.8. The second-order valence-electron chi connectivity index (χ2n) is 4.26. The molecule has 7 heteroatoms. The normalized spacial score (nSPS) is 10.5. The SMILES string of the molecule is COc1c(Cl)ccc(-c2cc(N)c(Cl)c(C(C)=O)n2)c1F. The lowest BCUT2D eigenvalue weighted by Crippen LogP contribution is -2.04. The van der Waals surface area contributed by atoms with E-state index < -0.39 is 5.82 Å². The number of Topliss-reactive ketones (excluding diaryl/α,β-unsaturated/α-hetero) is 1. The zero-order chi connectivity index (χ0) is 15.7. The Morgan fingerprint density at radius 2 is 2.05 bits per heavy atom. The van der Waals surface area contributed by atoms with E-state index in [1.807, 2.05) is 0 Å². The van der Waals surface area contributed by atoms with Gasteiger partial charge in [-0.1, -0.05) is 23.2 Å². The topological polar surface area (TPSA) is 65.2 Å². The third-order valence-electron chi connectivity index (χ3n) is 2.85. The smallest absolute Gasteiger partial charge is 0.179 e. The van der Waals surface area contributed by atoms with Gasteiger partial charge in [-0.2, -0.15) is 0 Å². The van der Waals surface area contributed by atoms with Crippen molar-refractivity contribution in [3.8, 4) is 17.0 Å². The van der Waals surface area contributed by atoms with Crippen molar-refractivity contribution < 1.29 is 13.9 Å². The van der Waals surface area contributed by atoms with Gasteiger partial charge >= 0.3 is 0 Å². The van der Waals surface area contributed by atoms with Crippen LogP contribution in [0.3, 0.4) is 0 Å². The summed E-state index contributed by atoms with van der Waals surface area (Å²) in [5.41, 5.74) is 6.16. The lowest BCUT2D eigenvalue weighted by atomic mass is 10.1. The number of carbonyl (C=O) groups is 1. The van der Waals surface area contributed by atoms with Crippen molar-refractivity contribution >= 4 is 34.7 Å². The molecule has 21 heavy (non-hydrogen) atoms. The van der Waals surface area contributed by atoms with Gasteiger partial charge in [0, 0.05) is 12.5 Å². The zero-order valence-electron chi connectivity index (χ0n) is 11.2. The van der Waals surface area contributed by atoms with Crippen molar-refractivity contribution in [2.24, 2.45) is 0 Å². The minimum absolute atomic E-state index is 0.0139. The summed E-state index contributed by atoms with van der Waals surface area (Å²) in [6.45, 7) is 1.30. The molecule has 0 bridgehead atoms. The van der Waals surface area contributed by atoms with Crippen LogP contribution in [0.25, 0.3) is 11.3 Å². The molecule has 1 heterocycles. The molecule has 1 aromatic heterocycles. The fraction of sp³-hybridized carbons (Fsp3) is 0.143. The van der Waals surface area contributed by atoms with Gasteiger partial charge in [0.05, 0.1) is 28.5 Å². The van der Waals surface area contributed by atoms with Gasteiger partial charge < -0.3 is 10.5 Å². The Kier molecular flexibility index (Phi) is 4.34. The molecule has 2 N–H and O–H groups in total. The molecule has 2 rings (SSSR count). The molecule has 4 nitrogen and oxygen atoms in total. The molecule has 1 aromatic carbocycles. The van der Waals surface area contributed by atoms with Gasteiger partial charge in [-0.15, -0.1) is 0 Å². The monoisotopic (exact) mass is 328 g/mol. The summed E-state index contributed by atoms with van der Waals surface area (Å²) in [6, 6.07) is 4.29. The number of pyridine rings is 1. The fourth-order valence-corrected chi connectivity index (χ4v) is 2.29. The number of aromatic nitrogens is 1. The minimum atomic E-state index is -0.686. The molecule has 0 spiro atoms. The van der Waals surface area contributed by atoms with Crippen LogP contribution in [0.2, 0.25) is 10.0 Å². The van der Waals surface area contributed by atoms with E-state index in [4.69, 9.17) is 33.7 Å². The maximum absolute atomic E-state index is 14.4. The van der Waals surface area contributed by atoms with Gasteiger partial charge in [0.2, 0.25) is 0 Å². The predicted molar refractivity (Wildman–Crippen MR) is 80.6 cm³/mol. The molecule has 0 fully saturated rings. The van der Waals surface area contributed by atoms with Crippen molar-refractivity contribution in [1.82, 2.24) is 4.98 Å². The number of hydrogen-bond donors (Lipinski definition) is 1. The lowest BCUT2D eigenvalue weighted by molar-refractivity contribution is 0.101. The van der Waals surface area contributed by atoms with E-state index in [0.717, 1.165) is 0 Å². The van der Waals surface area contributed by atoms with Crippen LogP contribution in [0.1, 0.15) is 17.4 Å². The number of nitrogens with two attached hydrogens (primary N) is 1. The number of ketones is 1.